The zero-order valence-corrected chi connectivity index (χ0v) is 17.2. The molecule has 0 aliphatic rings. The number of nitrogens with one attached hydrogen (secondary N) is 2. The van der Waals surface area contributed by atoms with Crippen LogP contribution in [0.25, 0.3) is 33.8 Å². The Morgan fingerprint density at radius 2 is 1.97 bits per heavy atom. The highest BCUT2D eigenvalue weighted by molar-refractivity contribution is 5.85. The van der Waals surface area contributed by atoms with Gasteiger partial charge in [-0.2, -0.15) is 5.10 Å². The van der Waals surface area contributed by atoms with Crippen molar-refractivity contribution < 1.29 is 0 Å². The normalized spacial score (nSPS) is 11.3. The summed E-state index contributed by atoms with van der Waals surface area (Å²) in [6.45, 7) is 4.76. The minimum atomic E-state index is 0.231. The molecule has 0 atom stereocenters. The lowest BCUT2D eigenvalue weighted by molar-refractivity contribution is 0.613. The van der Waals surface area contributed by atoms with E-state index in [2.05, 4.69) is 44.3 Å². The minimum Gasteiger partial charge on any atom is -0.364 e. The van der Waals surface area contributed by atoms with Crippen LogP contribution in [0.4, 0.5) is 5.82 Å². The van der Waals surface area contributed by atoms with Crippen LogP contribution in [0.5, 0.6) is 0 Å². The van der Waals surface area contributed by atoms with E-state index in [0.717, 1.165) is 33.5 Å². The first kappa shape index (κ1) is 18.9. The van der Waals surface area contributed by atoms with Crippen molar-refractivity contribution >= 4 is 17.0 Å². The monoisotopic (exact) mass is 411 g/mol. The lowest BCUT2D eigenvalue weighted by atomic mass is 10.1. The van der Waals surface area contributed by atoms with Gasteiger partial charge in [-0.25, -0.2) is 15.0 Å². The van der Waals surface area contributed by atoms with E-state index in [0.29, 0.717) is 18.2 Å². The second-order valence-corrected chi connectivity index (χ2v) is 7.45. The molecule has 2 N–H and O–H groups in total. The van der Waals surface area contributed by atoms with Gasteiger partial charge in [0.1, 0.15) is 5.52 Å². The molecule has 9 nitrogen and oxygen atoms in total. The topological polar surface area (TPSA) is 110 Å². The molecule has 5 heterocycles. The molecular weight excluding hydrogens is 390 g/mol. The van der Waals surface area contributed by atoms with Gasteiger partial charge in [0.2, 0.25) is 0 Å². The lowest BCUT2D eigenvalue weighted by Crippen LogP contribution is -2.06. The van der Waals surface area contributed by atoms with Crippen LogP contribution in [0.15, 0.2) is 61.6 Å². The SMILES string of the molecule is CC(C)n1cnc2c(NCc3ccc(-c4cccnc4)nc3)nc(-c3cn[nH]c3)nc21. The van der Waals surface area contributed by atoms with E-state index in [4.69, 9.17) is 9.97 Å². The maximum Gasteiger partial charge on any atom is 0.167 e. The average Bonchev–Trinajstić information content (AvgIpc) is 3.48. The van der Waals surface area contributed by atoms with Gasteiger partial charge in [0.25, 0.3) is 0 Å². The standard InChI is InChI=1S/C22H21N9/c1-14(2)31-13-26-19-21(29-20(30-22(19)31)17-11-27-28-12-17)25-9-15-5-6-18(24-8-15)16-4-3-7-23-10-16/h3-8,10-14H,9H2,1-2H3,(H,27,28)(H,25,29,30). The molecule has 154 valence electrons. The molecule has 0 bridgehead atoms. The summed E-state index contributed by atoms with van der Waals surface area (Å²) < 4.78 is 2.04. The van der Waals surface area contributed by atoms with E-state index in [1.54, 1.807) is 31.1 Å². The van der Waals surface area contributed by atoms with Gasteiger partial charge in [-0.3, -0.25) is 15.1 Å². The zero-order valence-electron chi connectivity index (χ0n) is 17.2. The van der Waals surface area contributed by atoms with Gasteiger partial charge in [0.15, 0.2) is 17.3 Å². The van der Waals surface area contributed by atoms with Crippen molar-refractivity contribution in [1.29, 1.82) is 0 Å². The van der Waals surface area contributed by atoms with Crippen molar-refractivity contribution in [3.63, 3.8) is 0 Å². The van der Waals surface area contributed by atoms with E-state index in [1.807, 2.05) is 35.0 Å². The van der Waals surface area contributed by atoms with Crippen LogP contribution in [-0.2, 0) is 6.54 Å². The first-order chi connectivity index (χ1) is 15.2. The number of fused-ring (bicyclic) bond motifs is 1. The molecule has 5 aromatic rings. The molecule has 0 aliphatic carbocycles. The van der Waals surface area contributed by atoms with Crippen molar-refractivity contribution in [3.05, 3.63) is 67.1 Å². The number of imidazole rings is 1. The van der Waals surface area contributed by atoms with Crippen molar-refractivity contribution in [3.8, 4) is 22.6 Å². The lowest BCUT2D eigenvalue weighted by Gasteiger charge is -2.11. The molecule has 5 rings (SSSR count). The number of hydrogen-bond acceptors (Lipinski definition) is 7. The van der Waals surface area contributed by atoms with Crippen LogP contribution < -0.4 is 5.32 Å². The molecular formula is C22H21N9. The number of anilines is 1. The summed E-state index contributed by atoms with van der Waals surface area (Å²) in [7, 11) is 0. The minimum absolute atomic E-state index is 0.231. The summed E-state index contributed by atoms with van der Waals surface area (Å²) in [6.07, 6.45) is 10.7. The van der Waals surface area contributed by atoms with Crippen LogP contribution in [0, 0.1) is 0 Å². The summed E-state index contributed by atoms with van der Waals surface area (Å²) >= 11 is 0. The number of nitrogens with zero attached hydrogens (tertiary/aromatic N) is 7. The van der Waals surface area contributed by atoms with Gasteiger partial charge >= 0.3 is 0 Å². The Labute approximate surface area is 178 Å². The van der Waals surface area contributed by atoms with E-state index < -0.39 is 0 Å². The van der Waals surface area contributed by atoms with Crippen molar-refractivity contribution in [1.82, 2.24) is 39.7 Å². The van der Waals surface area contributed by atoms with Crippen LogP contribution in [0.3, 0.4) is 0 Å². The molecule has 31 heavy (non-hydrogen) atoms. The summed E-state index contributed by atoms with van der Waals surface area (Å²) in [5.74, 6) is 1.27. The Hall–Kier alpha value is -4.14. The highest BCUT2D eigenvalue weighted by Gasteiger charge is 2.16. The summed E-state index contributed by atoms with van der Waals surface area (Å²) in [5.41, 5.74) is 5.26. The quantitative estimate of drug-likeness (QED) is 0.436. The molecule has 0 amide bonds. The zero-order chi connectivity index (χ0) is 21.2. The Morgan fingerprint density at radius 3 is 2.68 bits per heavy atom. The Kier molecular flexibility index (Phi) is 4.83. The molecule has 0 aliphatic heterocycles. The molecule has 0 radical (unpaired) electrons. The van der Waals surface area contributed by atoms with Gasteiger partial charge in [0.05, 0.1) is 23.8 Å². The predicted octanol–water partition coefficient (Wildman–Crippen LogP) is 3.87. The van der Waals surface area contributed by atoms with Crippen LogP contribution in [0.2, 0.25) is 0 Å². The largest absolute Gasteiger partial charge is 0.364 e. The predicted molar refractivity (Wildman–Crippen MR) is 118 cm³/mol. The maximum absolute atomic E-state index is 4.73. The smallest absolute Gasteiger partial charge is 0.167 e. The van der Waals surface area contributed by atoms with Crippen LogP contribution in [0.1, 0.15) is 25.5 Å². The average molecular weight is 411 g/mol. The van der Waals surface area contributed by atoms with E-state index in [-0.39, 0.29) is 6.04 Å². The van der Waals surface area contributed by atoms with E-state index >= 15 is 0 Å². The fourth-order valence-corrected chi connectivity index (χ4v) is 3.32. The first-order valence-corrected chi connectivity index (χ1v) is 10.0. The molecule has 0 spiro atoms. The Balaban J connectivity index is 1.44. The number of pyridine rings is 2. The Bertz CT molecular complexity index is 1290. The third kappa shape index (κ3) is 3.73. The van der Waals surface area contributed by atoms with Gasteiger partial charge in [-0.05, 0) is 37.6 Å². The van der Waals surface area contributed by atoms with E-state index in [1.165, 1.54) is 0 Å². The van der Waals surface area contributed by atoms with Crippen molar-refractivity contribution in [2.45, 2.75) is 26.4 Å². The molecule has 0 saturated heterocycles. The highest BCUT2D eigenvalue weighted by atomic mass is 15.2. The summed E-state index contributed by atoms with van der Waals surface area (Å²) in [6, 6.07) is 8.17. The number of H-pyrrole nitrogens is 1. The third-order valence-electron chi connectivity index (χ3n) is 4.98. The molecule has 0 fully saturated rings. The number of aromatic amines is 1. The summed E-state index contributed by atoms with van der Waals surface area (Å²) in [4.78, 5) is 22.7. The van der Waals surface area contributed by atoms with Gasteiger partial charge < -0.3 is 9.88 Å². The molecule has 5 aromatic heterocycles. The molecule has 9 heteroatoms. The fraction of sp³-hybridized carbons (Fsp3) is 0.182. The van der Waals surface area contributed by atoms with Gasteiger partial charge in [-0.15, -0.1) is 0 Å². The number of rotatable bonds is 6. The summed E-state index contributed by atoms with van der Waals surface area (Å²) in [5, 5.41) is 10.2. The third-order valence-corrected chi connectivity index (χ3v) is 4.98. The number of hydrogen-bond donors (Lipinski definition) is 2. The van der Waals surface area contributed by atoms with Crippen LogP contribution in [-0.4, -0.2) is 39.7 Å². The van der Waals surface area contributed by atoms with E-state index in [9.17, 15) is 0 Å². The maximum atomic E-state index is 4.73. The van der Waals surface area contributed by atoms with Gasteiger partial charge in [0, 0.05) is 42.9 Å². The van der Waals surface area contributed by atoms with Crippen LogP contribution >= 0.6 is 0 Å². The first-order valence-electron chi connectivity index (χ1n) is 10.0. The molecule has 0 saturated carbocycles. The van der Waals surface area contributed by atoms with Gasteiger partial charge in [-0.1, -0.05) is 6.07 Å². The second-order valence-electron chi connectivity index (χ2n) is 7.45. The fourth-order valence-electron chi connectivity index (χ4n) is 3.32. The molecule has 0 unspecified atom stereocenters. The van der Waals surface area contributed by atoms with Crippen molar-refractivity contribution in [2.24, 2.45) is 0 Å². The van der Waals surface area contributed by atoms with Crippen molar-refractivity contribution in [2.75, 3.05) is 5.32 Å². The highest BCUT2D eigenvalue weighted by Crippen LogP contribution is 2.26. The second kappa shape index (κ2) is 7.94. The molecule has 0 aromatic carbocycles. The number of aromatic nitrogens is 8. The Morgan fingerprint density at radius 1 is 1.03 bits per heavy atom.